The van der Waals surface area contributed by atoms with Gasteiger partial charge >= 0.3 is 0 Å². The molecule has 0 spiro atoms. The number of anilines is 1. The molecule has 5 rings (SSSR count). The second-order valence-corrected chi connectivity index (χ2v) is 8.47. The van der Waals surface area contributed by atoms with Gasteiger partial charge in [-0.15, -0.1) is 5.10 Å². The molecule has 0 saturated carbocycles. The van der Waals surface area contributed by atoms with E-state index < -0.39 is 0 Å². The van der Waals surface area contributed by atoms with Crippen LogP contribution in [0.25, 0.3) is 17.2 Å². The summed E-state index contributed by atoms with van der Waals surface area (Å²) in [4.78, 5) is 11.9. The van der Waals surface area contributed by atoms with Crippen LogP contribution in [0.5, 0.6) is 11.5 Å². The predicted octanol–water partition coefficient (Wildman–Crippen LogP) is 4.17. The van der Waals surface area contributed by atoms with Gasteiger partial charge in [0.05, 0.1) is 20.5 Å². The standard InChI is InChI=1S/C25H30N6O3/c1-4-5-9-26-25-27-14-19(24-28-23(29-31(24)25)20-7-6-11-34-20)16-30-10-8-17-12-21(32-2)22(33-3)13-18(17)15-30/h6-7,11-14H,4-5,8-10,15-16H2,1-3H3,(H,26,27). The van der Waals surface area contributed by atoms with Gasteiger partial charge in [0.15, 0.2) is 22.9 Å². The van der Waals surface area contributed by atoms with Gasteiger partial charge < -0.3 is 19.2 Å². The fourth-order valence-electron chi connectivity index (χ4n) is 4.36. The van der Waals surface area contributed by atoms with Crippen LogP contribution in [-0.4, -0.2) is 51.8 Å². The zero-order chi connectivity index (χ0) is 23.5. The number of hydrogen-bond donors (Lipinski definition) is 1. The zero-order valence-corrected chi connectivity index (χ0v) is 19.9. The second-order valence-electron chi connectivity index (χ2n) is 8.47. The minimum atomic E-state index is 0.554. The van der Waals surface area contributed by atoms with E-state index in [1.165, 1.54) is 11.1 Å². The van der Waals surface area contributed by atoms with Crippen LogP contribution in [0.15, 0.2) is 41.1 Å². The number of benzene rings is 1. The molecule has 4 aromatic rings. The maximum absolute atomic E-state index is 5.55. The second kappa shape index (κ2) is 9.72. The molecule has 0 aliphatic carbocycles. The van der Waals surface area contributed by atoms with Crippen LogP contribution in [0.1, 0.15) is 36.5 Å². The van der Waals surface area contributed by atoms with E-state index >= 15 is 0 Å². The molecule has 3 aromatic heterocycles. The number of methoxy groups -OCH3 is 2. The van der Waals surface area contributed by atoms with Crippen molar-refractivity contribution in [3.05, 3.63) is 53.4 Å². The average molecular weight is 463 g/mol. The lowest BCUT2D eigenvalue weighted by Gasteiger charge is -2.29. The Kier molecular flexibility index (Phi) is 6.35. The van der Waals surface area contributed by atoms with Crippen LogP contribution in [0, 0.1) is 0 Å². The number of nitrogens with one attached hydrogen (secondary N) is 1. The zero-order valence-electron chi connectivity index (χ0n) is 19.9. The summed E-state index contributed by atoms with van der Waals surface area (Å²) in [6, 6.07) is 7.89. The minimum Gasteiger partial charge on any atom is -0.493 e. The molecule has 0 radical (unpaired) electrons. The molecule has 0 atom stereocenters. The Balaban J connectivity index is 1.44. The molecule has 9 heteroatoms. The highest BCUT2D eigenvalue weighted by molar-refractivity contribution is 5.58. The summed E-state index contributed by atoms with van der Waals surface area (Å²) in [5.74, 6) is 3.43. The molecule has 1 N–H and O–H groups in total. The molecule has 34 heavy (non-hydrogen) atoms. The van der Waals surface area contributed by atoms with Crippen LogP contribution in [0.4, 0.5) is 5.95 Å². The molecular weight excluding hydrogens is 432 g/mol. The third-order valence-electron chi connectivity index (χ3n) is 6.18. The van der Waals surface area contributed by atoms with Gasteiger partial charge in [0.25, 0.3) is 0 Å². The van der Waals surface area contributed by atoms with Crippen molar-refractivity contribution in [1.82, 2.24) is 24.5 Å². The maximum Gasteiger partial charge on any atom is 0.225 e. The lowest BCUT2D eigenvalue weighted by molar-refractivity contribution is 0.244. The van der Waals surface area contributed by atoms with E-state index in [0.717, 1.165) is 68.2 Å². The Hall–Kier alpha value is -3.59. The van der Waals surface area contributed by atoms with Gasteiger partial charge in [0.2, 0.25) is 11.8 Å². The molecule has 0 unspecified atom stereocenters. The number of aromatic nitrogens is 4. The first-order chi connectivity index (χ1) is 16.7. The summed E-state index contributed by atoms with van der Waals surface area (Å²) in [7, 11) is 3.35. The summed E-state index contributed by atoms with van der Waals surface area (Å²) in [6.45, 7) is 5.47. The van der Waals surface area contributed by atoms with Gasteiger partial charge in [-0.25, -0.2) is 9.97 Å². The van der Waals surface area contributed by atoms with Crippen molar-refractivity contribution in [2.75, 3.05) is 32.6 Å². The van der Waals surface area contributed by atoms with Crippen molar-refractivity contribution in [3.63, 3.8) is 0 Å². The van der Waals surface area contributed by atoms with E-state index in [-0.39, 0.29) is 0 Å². The third-order valence-corrected chi connectivity index (χ3v) is 6.18. The molecule has 4 heterocycles. The number of furan rings is 1. The normalized spacial score (nSPS) is 13.7. The van der Waals surface area contributed by atoms with Crippen molar-refractivity contribution in [2.24, 2.45) is 0 Å². The van der Waals surface area contributed by atoms with E-state index in [1.54, 1.807) is 25.0 Å². The molecule has 0 amide bonds. The minimum absolute atomic E-state index is 0.554. The Labute approximate surface area is 198 Å². The average Bonchev–Trinajstić information content (AvgIpc) is 3.55. The maximum atomic E-state index is 5.55. The van der Waals surface area contributed by atoms with Crippen molar-refractivity contribution in [2.45, 2.75) is 39.3 Å². The largest absolute Gasteiger partial charge is 0.493 e. The van der Waals surface area contributed by atoms with Crippen molar-refractivity contribution < 1.29 is 13.9 Å². The van der Waals surface area contributed by atoms with Crippen LogP contribution in [-0.2, 0) is 19.5 Å². The number of ether oxygens (including phenoxy) is 2. The van der Waals surface area contributed by atoms with Crippen molar-refractivity contribution in [1.29, 1.82) is 0 Å². The lowest BCUT2D eigenvalue weighted by atomic mass is 9.98. The molecule has 0 fully saturated rings. The van der Waals surface area contributed by atoms with Crippen LogP contribution >= 0.6 is 0 Å². The van der Waals surface area contributed by atoms with Gasteiger partial charge in [-0.3, -0.25) is 4.90 Å². The highest BCUT2D eigenvalue weighted by atomic mass is 16.5. The summed E-state index contributed by atoms with van der Waals surface area (Å²) in [6.07, 6.45) is 6.66. The highest BCUT2D eigenvalue weighted by Gasteiger charge is 2.22. The van der Waals surface area contributed by atoms with E-state index in [4.69, 9.17) is 24.0 Å². The van der Waals surface area contributed by atoms with Crippen molar-refractivity contribution >= 4 is 11.6 Å². The molecule has 9 nitrogen and oxygen atoms in total. The number of nitrogens with zero attached hydrogens (tertiary/aromatic N) is 5. The molecule has 1 aromatic carbocycles. The fourth-order valence-corrected chi connectivity index (χ4v) is 4.36. The summed E-state index contributed by atoms with van der Waals surface area (Å²) < 4.78 is 18.3. The topological polar surface area (TPSA) is 90.0 Å². The van der Waals surface area contributed by atoms with Gasteiger partial charge in [0, 0.05) is 37.9 Å². The number of fused-ring (bicyclic) bond motifs is 2. The third kappa shape index (κ3) is 4.31. The molecule has 1 aliphatic rings. The first-order valence-corrected chi connectivity index (χ1v) is 11.7. The number of hydrogen-bond acceptors (Lipinski definition) is 8. The molecular formula is C25H30N6O3. The quantitative estimate of drug-likeness (QED) is 0.371. The van der Waals surface area contributed by atoms with Crippen LogP contribution in [0.2, 0.25) is 0 Å². The molecule has 0 bridgehead atoms. The van der Waals surface area contributed by atoms with Gasteiger partial charge in [-0.05, 0) is 48.2 Å². The van der Waals surface area contributed by atoms with Crippen LogP contribution < -0.4 is 14.8 Å². The van der Waals surface area contributed by atoms with Gasteiger partial charge in [-0.1, -0.05) is 13.3 Å². The smallest absolute Gasteiger partial charge is 0.225 e. The van der Waals surface area contributed by atoms with Crippen LogP contribution in [0.3, 0.4) is 0 Å². The van der Waals surface area contributed by atoms with E-state index in [2.05, 4.69) is 34.3 Å². The van der Waals surface area contributed by atoms with Gasteiger partial charge in [0.1, 0.15) is 0 Å². The highest BCUT2D eigenvalue weighted by Crippen LogP contribution is 2.33. The lowest BCUT2D eigenvalue weighted by Crippen LogP contribution is -2.30. The number of rotatable bonds is 9. The monoisotopic (exact) mass is 462 g/mol. The molecule has 0 saturated heterocycles. The summed E-state index contributed by atoms with van der Waals surface area (Å²) in [5, 5.41) is 8.10. The number of unbranched alkanes of at least 4 members (excludes halogenated alkanes) is 1. The van der Waals surface area contributed by atoms with Crippen molar-refractivity contribution in [3.8, 4) is 23.1 Å². The van der Waals surface area contributed by atoms with E-state index in [9.17, 15) is 0 Å². The molecule has 1 aliphatic heterocycles. The van der Waals surface area contributed by atoms with E-state index in [0.29, 0.717) is 17.5 Å². The Morgan fingerprint density at radius 3 is 2.71 bits per heavy atom. The predicted molar refractivity (Wildman–Crippen MR) is 129 cm³/mol. The Bertz CT molecular complexity index is 1270. The van der Waals surface area contributed by atoms with Gasteiger partial charge in [-0.2, -0.15) is 4.52 Å². The SMILES string of the molecule is CCCCNc1ncc(CN2CCc3cc(OC)c(OC)cc3C2)c2nc(-c3ccco3)nn12. The Morgan fingerprint density at radius 2 is 1.97 bits per heavy atom. The fraction of sp³-hybridized carbons (Fsp3) is 0.400. The first-order valence-electron chi connectivity index (χ1n) is 11.7. The van der Waals surface area contributed by atoms with E-state index in [1.807, 2.05) is 18.3 Å². The Morgan fingerprint density at radius 1 is 1.15 bits per heavy atom. The summed E-state index contributed by atoms with van der Waals surface area (Å²) in [5.41, 5.74) is 4.37. The molecule has 178 valence electrons. The first kappa shape index (κ1) is 22.2. The summed E-state index contributed by atoms with van der Waals surface area (Å²) >= 11 is 0.